The number of ether oxygens (including phenoxy) is 1. The van der Waals surface area contributed by atoms with Gasteiger partial charge in [0.25, 0.3) is 0 Å². The third kappa shape index (κ3) is 4.02. The summed E-state index contributed by atoms with van der Waals surface area (Å²) in [6.07, 6.45) is -1.33. The Balaban J connectivity index is 2.00. The molecule has 2 heterocycles. The van der Waals surface area contributed by atoms with Crippen LogP contribution in [0.3, 0.4) is 0 Å². The number of methoxy groups -OCH3 is 1. The van der Waals surface area contributed by atoms with Gasteiger partial charge < -0.3 is 10.1 Å². The fourth-order valence-corrected chi connectivity index (χ4v) is 2.41. The number of alkyl halides is 3. The molecule has 0 aliphatic heterocycles. The summed E-state index contributed by atoms with van der Waals surface area (Å²) in [5, 5.41) is 2.94. The molecule has 1 N–H and O–H groups in total. The smallest absolute Gasteiger partial charge is 0.416 e. The van der Waals surface area contributed by atoms with Crippen molar-refractivity contribution in [1.29, 1.82) is 0 Å². The Morgan fingerprint density at radius 3 is 2.58 bits per heavy atom. The van der Waals surface area contributed by atoms with Gasteiger partial charge in [-0.3, -0.25) is 4.98 Å². The molecule has 1 aromatic carbocycles. The number of rotatable bonds is 4. The molecule has 5 nitrogen and oxygen atoms in total. The molecule has 9 heteroatoms. The molecule has 0 spiro atoms. The largest absolute Gasteiger partial charge is 0.495 e. The molecular formula is C17H12ClF3N4O. The topological polar surface area (TPSA) is 59.9 Å². The van der Waals surface area contributed by atoms with Crippen LogP contribution in [0.25, 0.3) is 11.4 Å². The molecule has 0 radical (unpaired) electrons. The van der Waals surface area contributed by atoms with Crippen molar-refractivity contribution in [1.82, 2.24) is 15.0 Å². The van der Waals surface area contributed by atoms with Gasteiger partial charge in [0.1, 0.15) is 16.7 Å². The second-order valence-corrected chi connectivity index (χ2v) is 5.57. The summed E-state index contributed by atoms with van der Waals surface area (Å²) < 4.78 is 44.0. The van der Waals surface area contributed by atoms with Gasteiger partial charge in [-0.25, -0.2) is 9.97 Å². The van der Waals surface area contributed by atoms with Gasteiger partial charge in [0.2, 0.25) is 0 Å². The minimum atomic E-state index is -4.48. The number of benzene rings is 1. The number of pyridine rings is 1. The van der Waals surface area contributed by atoms with Crippen molar-refractivity contribution in [3.05, 3.63) is 59.5 Å². The van der Waals surface area contributed by atoms with E-state index in [2.05, 4.69) is 20.3 Å². The van der Waals surface area contributed by atoms with Crippen molar-refractivity contribution in [2.24, 2.45) is 0 Å². The fraction of sp³-hybridized carbons (Fsp3) is 0.118. The Morgan fingerprint density at radius 2 is 1.92 bits per heavy atom. The van der Waals surface area contributed by atoms with Crippen LogP contribution in [0.2, 0.25) is 5.15 Å². The molecule has 0 unspecified atom stereocenters. The van der Waals surface area contributed by atoms with E-state index in [1.807, 2.05) is 0 Å². The third-order valence-electron chi connectivity index (χ3n) is 3.40. The number of hydrogen-bond donors (Lipinski definition) is 1. The molecule has 0 aliphatic carbocycles. The highest BCUT2D eigenvalue weighted by Crippen LogP contribution is 2.36. The molecule has 134 valence electrons. The highest BCUT2D eigenvalue weighted by molar-refractivity contribution is 6.29. The van der Waals surface area contributed by atoms with Crippen molar-refractivity contribution in [3.63, 3.8) is 0 Å². The second kappa shape index (κ2) is 7.17. The Labute approximate surface area is 151 Å². The maximum Gasteiger partial charge on any atom is 0.416 e. The van der Waals surface area contributed by atoms with E-state index in [4.69, 9.17) is 16.3 Å². The number of hydrogen-bond acceptors (Lipinski definition) is 5. The third-order valence-corrected chi connectivity index (χ3v) is 3.60. The van der Waals surface area contributed by atoms with Crippen LogP contribution >= 0.6 is 11.6 Å². The van der Waals surface area contributed by atoms with Crippen molar-refractivity contribution in [2.75, 3.05) is 12.4 Å². The summed E-state index contributed by atoms with van der Waals surface area (Å²) >= 11 is 6.02. The van der Waals surface area contributed by atoms with E-state index < -0.39 is 11.7 Å². The SMILES string of the molecule is COc1ccc(C(F)(F)F)cc1Nc1cc(Cl)nc(-c2cccnc2)n1. The first-order valence-electron chi connectivity index (χ1n) is 7.34. The maximum atomic E-state index is 13.0. The standard InChI is InChI=1S/C17H12ClF3N4O/c1-26-13-5-4-11(17(19,20)21)7-12(13)23-15-8-14(18)24-16(25-15)10-3-2-6-22-9-10/h2-9H,1H3,(H,23,24,25). The van der Waals surface area contributed by atoms with Gasteiger partial charge in [-0.2, -0.15) is 13.2 Å². The van der Waals surface area contributed by atoms with E-state index in [0.29, 0.717) is 11.4 Å². The molecule has 0 saturated heterocycles. The van der Waals surface area contributed by atoms with Crippen molar-refractivity contribution < 1.29 is 17.9 Å². The summed E-state index contributed by atoms with van der Waals surface area (Å²) in [4.78, 5) is 12.4. The van der Waals surface area contributed by atoms with Crippen molar-refractivity contribution >= 4 is 23.1 Å². The molecule has 0 aliphatic rings. The summed E-state index contributed by atoms with van der Waals surface area (Å²) in [5.41, 5.74) is -0.0864. The van der Waals surface area contributed by atoms with E-state index in [-0.39, 0.29) is 22.4 Å². The lowest BCUT2D eigenvalue weighted by atomic mass is 10.1. The van der Waals surface area contributed by atoms with E-state index in [1.165, 1.54) is 19.2 Å². The number of anilines is 2. The lowest BCUT2D eigenvalue weighted by Gasteiger charge is -2.14. The molecule has 26 heavy (non-hydrogen) atoms. The van der Waals surface area contributed by atoms with Crippen LogP contribution in [0.5, 0.6) is 5.75 Å². The lowest BCUT2D eigenvalue weighted by Crippen LogP contribution is -2.06. The van der Waals surface area contributed by atoms with Gasteiger partial charge in [-0.1, -0.05) is 11.6 Å². The molecule has 0 bridgehead atoms. The predicted octanol–water partition coefficient (Wildman–Crippen LogP) is 4.96. The van der Waals surface area contributed by atoms with Gasteiger partial charge >= 0.3 is 6.18 Å². The molecule has 2 aromatic heterocycles. The van der Waals surface area contributed by atoms with E-state index in [1.54, 1.807) is 24.5 Å². The average molecular weight is 381 g/mol. The molecule has 0 amide bonds. The fourth-order valence-electron chi connectivity index (χ4n) is 2.23. The van der Waals surface area contributed by atoms with Crippen LogP contribution in [0, 0.1) is 0 Å². The van der Waals surface area contributed by atoms with E-state index >= 15 is 0 Å². The van der Waals surface area contributed by atoms with Crippen molar-refractivity contribution in [2.45, 2.75) is 6.18 Å². The highest BCUT2D eigenvalue weighted by Gasteiger charge is 2.31. The Morgan fingerprint density at radius 1 is 1.12 bits per heavy atom. The summed E-state index contributed by atoms with van der Waals surface area (Å²) in [5.74, 6) is 0.746. The summed E-state index contributed by atoms with van der Waals surface area (Å²) in [6, 6.07) is 7.98. The quantitative estimate of drug-likeness (QED) is 0.648. The van der Waals surface area contributed by atoms with Crippen LogP contribution in [-0.2, 0) is 6.18 Å². The minimum Gasteiger partial charge on any atom is -0.495 e. The Bertz CT molecular complexity index is 920. The highest BCUT2D eigenvalue weighted by atomic mass is 35.5. The lowest BCUT2D eigenvalue weighted by molar-refractivity contribution is -0.137. The first-order chi connectivity index (χ1) is 12.4. The number of halogens is 4. The van der Waals surface area contributed by atoms with Gasteiger partial charge in [0, 0.05) is 24.0 Å². The summed E-state index contributed by atoms with van der Waals surface area (Å²) in [7, 11) is 1.36. The number of nitrogens with zero attached hydrogens (tertiary/aromatic N) is 3. The molecular weight excluding hydrogens is 369 g/mol. The molecule has 3 rings (SSSR count). The molecule has 0 saturated carbocycles. The second-order valence-electron chi connectivity index (χ2n) is 5.18. The van der Waals surface area contributed by atoms with Crippen LogP contribution < -0.4 is 10.1 Å². The Kier molecular flexibility index (Phi) is 4.94. The Hall–Kier alpha value is -2.87. The first kappa shape index (κ1) is 17.9. The first-order valence-corrected chi connectivity index (χ1v) is 7.72. The van der Waals surface area contributed by atoms with Crippen LogP contribution in [-0.4, -0.2) is 22.1 Å². The molecule has 3 aromatic rings. The number of nitrogens with one attached hydrogen (secondary N) is 1. The zero-order valence-electron chi connectivity index (χ0n) is 13.4. The monoisotopic (exact) mass is 380 g/mol. The van der Waals surface area contributed by atoms with Crippen LogP contribution in [0.1, 0.15) is 5.56 Å². The molecule has 0 fully saturated rings. The van der Waals surface area contributed by atoms with Crippen LogP contribution in [0.4, 0.5) is 24.7 Å². The van der Waals surface area contributed by atoms with E-state index in [0.717, 1.165) is 12.1 Å². The van der Waals surface area contributed by atoms with Gasteiger partial charge in [0.05, 0.1) is 18.4 Å². The normalized spacial score (nSPS) is 11.3. The maximum absolute atomic E-state index is 13.0. The molecule has 0 atom stereocenters. The van der Waals surface area contributed by atoms with Gasteiger partial charge in [0.15, 0.2) is 5.82 Å². The minimum absolute atomic E-state index is 0.106. The van der Waals surface area contributed by atoms with Crippen molar-refractivity contribution in [3.8, 4) is 17.1 Å². The van der Waals surface area contributed by atoms with E-state index in [9.17, 15) is 13.2 Å². The van der Waals surface area contributed by atoms with Gasteiger partial charge in [-0.05, 0) is 30.3 Å². The summed E-state index contributed by atoms with van der Waals surface area (Å²) in [6.45, 7) is 0. The predicted molar refractivity (Wildman–Crippen MR) is 91.6 cm³/mol. The number of aromatic nitrogens is 3. The van der Waals surface area contributed by atoms with Crippen LogP contribution in [0.15, 0.2) is 48.8 Å². The van der Waals surface area contributed by atoms with Gasteiger partial charge in [-0.15, -0.1) is 0 Å². The average Bonchev–Trinajstić information content (AvgIpc) is 2.61. The zero-order chi connectivity index (χ0) is 18.7. The zero-order valence-corrected chi connectivity index (χ0v) is 14.1.